The molecule has 33 heavy (non-hydrogen) atoms. The summed E-state index contributed by atoms with van der Waals surface area (Å²) in [5, 5.41) is 7.71. The zero-order chi connectivity index (χ0) is 23.0. The van der Waals surface area contributed by atoms with Gasteiger partial charge in [0.1, 0.15) is 17.2 Å². The molecule has 2 N–H and O–H groups in total. The van der Waals surface area contributed by atoms with E-state index in [2.05, 4.69) is 15.8 Å². The van der Waals surface area contributed by atoms with Crippen molar-refractivity contribution in [3.05, 3.63) is 99.9 Å². The van der Waals surface area contributed by atoms with E-state index in [0.717, 1.165) is 27.0 Å². The number of fused-ring (bicyclic) bond motifs is 1. The summed E-state index contributed by atoms with van der Waals surface area (Å²) in [6.45, 7) is 0.274. The molecule has 0 spiro atoms. The minimum absolute atomic E-state index is 0.215. The molecule has 0 fully saturated rings. The summed E-state index contributed by atoms with van der Waals surface area (Å²) < 4.78 is 6.66. The molecule has 0 saturated heterocycles. The van der Waals surface area contributed by atoms with Gasteiger partial charge in [-0.3, -0.25) is 9.59 Å². The van der Waals surface area contributed by atoms with Crippen LogP contribution < -0.4 is 15.5 Å². The Morgan fingerprint density at radius 2 is 1.70 bits per heavy atom. The lowest BCUT2D eigenvalue weighted by atomic mass is 10.2. The fraction of sp³-hybridized carbons (Fsp3) is 0.0800. The molecule has 0 radical (unpaired) electrons. The van der Waals surface area contributed by atoms with Crippen LogP contribution in [0.15, 0.2) is 84.0 Å². The van der Waals surface area contributed by atoms with Crippen molar-refractivity contribution in [3.63, 3.8) is 0 Å². The zero-order valence-electron chi connectivity index (χ0n) is 17.5. The molecule has 0 unspecified atom stereocenters. The molecule has 1 aromatic heterocycles. The number of hydrogen-bond acceptors (Lipinski definition) is 5. The van der Waals surface area contributed by atoms with Gasteiger partial charge < -0.3 is 10.1 Å². The van der Waals surface area contributed by atoms with Crippen LogP contribution in [0.5, 0.6) is 5.75 Å². The van der Waals surface area contributed by atoms with E-state index in [1.54, 1.807) is 0 Å². The summed E-state index contributed by atoms with van der Waals surface area (Å²) in [7, 11) is 0. The second kappa shape index (κ2) is 10.8. The van der Waals surface area contributed by atoms with Crippen LogP contribution in [-0.2, 0) is 11.4 Å². The first-order chi connectivity index (χ1) is 16.1. The number of nitrogens with zero attached hydrogens (tertiary/aromatic N) is 1. The second-order valence-corrected chi connectivity index (χ2v) is 8.49. The van der Waals surface area contributed by atoms with Crippen molar-refractivity contribution in [1.29, 1.82) is 0 Å². The van der Waals surface area contributed by atoms with Gasteiger partial charge in [-0.05, 0) is 41.5 Å². The van der Waals surface area contributed by atoms with Gasteiger partial charge in [-0.2, -0.15) is 5.10 Å². The Kier molecular flexibility index (Phi) is 7.34. The normalized spacial score (nSPS) is 10.9. The van der Waals surface area contributed by atoms with E-state index in [9.17, 15) is 9.59 Å². The van der Waals surface area contributed by atoms with Crippen molar-refractivity contribution >= 4 is 51.1 Å². The summed E-state index contributed by atoms with van der Waals surface area (Å²) in [6.07, 6.45) is 1.52. The Hall–Kier alpha value is -3.68. The molecule has 166 valence electrons. The molecule has 6 nitrogen and oxygen atoms in total. The Morgan fingerprint density at radius 1 is 0.970 bits per heavy atom. The van der Waals surface area contributed by atoms with Crippen molar-refractivity contribution in [2.24, 2.45) is 5.10 Å². The van der Waals surface area contributed by atoms with Crippen LogP contribution in [0.3, 0.4) is 0 Å². The molecule has 2 amide bonds. The first-order valence-corrected chi connectivity index (χ1v) is 11.3. The van der Waals surface area contributed by atoms with Gasteiger partial charge in [0.05, 0.1) is 17.8 Å². The SMILES string of the molecule is O=C(CNC(=O)c1sc2ccccc2c1Cl)N/N=C/c1ccc(OCc2ccccc2)cc1. The van der Waals surface area contributed by atoms with E-state index < -0.39 is 11.8 Å². The van der Waals surface area contributed by atoms with E-state index >= 15 is 0 Å². The molecule has 0 atom stereocenters. The van der Waals surface area contributed by atoms with Crippen molar-refractivity contribution in [3.8, 4) is 5.75 Å². The number of hydrogen-bond donors (Lipinski definition) is 2. The van der Waals surface area contributed by atoms with E-state index in [1.165, 1.54) is 17.6 Å². The summed E-state index contributed by atoms with van der Waals surface area (Å²) in [5.41, 5.74) is 4.28. The topological polar surface area (TPSA) is 79.8 Å². The van der Waals surface area contributed by atoms with Crippen LogP contribution in [0, 0.1) is 0 Å². The predicted octanol–water partition coefficient (Wildman–Crippen LogP) is 5.01. The number of hydrazone groups is 1. The first kappa shape index (κ1) is 22.5. The minimum atomic E-state index is -0.445. The quantitative estimate of drug-likeness (QED) is 0.276. The van der Waals surface area contributed by atoms with Crippen molar-refractivity contribution in [1.82, 2.24) is 10.7 Å². The van der Waals surface area contributed by atoms with E-state index in [0.29, 0.717) is 16.5 Å². The number of rotatable bonds is 8. The van der Waals surface area contributed by atoms with Crippen LogP contribution >= 0.6 is 22.9 Å². The molecule has 0 aliphatic heterocycles. The Morgan fingerprint density at radius 3 is 2.45 bits per heavy atom. The molecule has 4 rings (SSSR count). The van der Waals surface area contributed by atoms with Crippen LogP contribution in [0.4, 0.5) is 0 Å². The molecule has 0 saturated carbocycles. The maximum Gasteiger partial charge on any atom is 0.263 e. The molecule has 1 heterocycles. The Balaban J connectivity index is 1.23. The standard InChI is InChI=1S/C25H20ClN3O3S/c26-23-20-8-4-5-9-21(20)33-24(23)25(31)27-15-22(30)29-28-14-17-10-12-19(13-11-17)32-16-18-6-2-1-3-7-18/h1-14H,15-16H2,(H,27,31)(H,29,30)/b28-14+. The fourth-order valence-electron chi connectivity index (χ4n) is 3.01. The minimum Gasteiger partial charge on any atom is -0.489 e. The van der Waals surface area contributed by atoms with Gasteiger partial charge in [-0.1, -0.05) is 60.1 Å². The largest absolute Gasteiger partial charge is 0.489 e. The van der Waals surface area contributed by atoms with E-state index in [1.807, 2.05) is 78.9 Å². The van der Waals surface area contributed by atoms with Crippen LogP contribution in [0.2, 0.25) is 5.02 Å². The average molecular weight is 478 g/mol. The molecule has 3 aromatic carbocycles. The molecule has 0 aliphatic rings. The Labute approximate surface area is 199 Å². The third-order valence-electron chi connectivity index (χ3n) is 4.68. The number of amides is 2. The number of ether oxygens (including phenoxy) is 1. The highest BCUT2D eigenvalue weighted by molar-refractivity contribution is 7.21. The molecule has 0 aliphatic carbocycles. The summed E-state index contributed by atoms with van der Waals surface area (Å²) in [5.74, 6) is -0.103. The smallest absolute Gasteiger partial charge is 0.263 e. The third-order valence-corrected chi connectivity index (χ3v) is 6.36. The van der Waals surface area contributed by atoms with Crippen LogP contribution in [0.1, 0.15) is 20.8 Å². The lowest BCUT2D eigenvalue weighted by Crippen LogP contribution is -2.34. The number of thiophene rings is 1. The van der Waals surface area contributed by atoms with Crippen molar-refractivity contribution in [2.45, 2.75) is 6.61 Å². The second-order valence-electron chi connectivity index (χ2n) is 7.06. The van der Waals surface area contributed by atoms with Crippen LogP contribution in [0.25, 0.3) is 10.1 Å². The molecule has 4 aromatic rings. The van der Waals surface area contributed by atoms with Gasteiger partial charge in [0.2, 0.25) is 0 Å². The molecular weight excluding hydrogens is 458 g/mol. The van der Waals surface area contributed by atoms with Gasteiger partial charge in [-0.25, -0.2) is 5.43 Å². The molecular formula is C25H20ClN3O3S. The number of carbonyl (C=O) groups excluding carboxylic acids is 2. The van der Waals surface area contributed by atoms with Gasteiger partial charge in [0.25, 0.3) is 11.8 Å². The lowest BCUT2D eigenvalue weighted by molar-refractivity contribution is -0.120. The summed E-state index contributed by atoms with van der Waals surface area (Å²) in [6, 6.07) is 24.7. The van der Waals surface area contributed by atoms with E-state index in [-0.39, 0.29) is 6.54 Å². The van der Waals surface area contributed by atoms with Crippen molar-refractivity contribution in [2.75, 3.05) is 6.54 Å². The summed E-state index contributed by atoms with van der Waals surface area (Å²) >= 11 is 7.58. The Bertz CT molecular complexity index is 1290. The molecule has 8 heteroatoms. The number of carbonyl (C=O) groups is 2. The van der Waals surface area contributed by atoms with Crippen LogP contribution in [-0.4, -0.2) is 24.6 Å². The highest BCUT2D eigenvalue weighted by atomic mass is 35.5. The van der Waals surface area contributed by atoms with Gasteiger partial charge >= 0.3 is 0 Å². The highest BCUT2D eigenvalue weighted by Gasteiger charge is 2.17. The van der Waals surface area contributed by atoms with Gasteiger partial charge in [0, 0.05) is 10.1 Å². The highest BCUT2D eigenvalue weighted by Crippen LogP contribution is 2.34. The lowest BCUT2D eigenvalue weighted by Gasteiger charge is -2.06. The van der Waals surface area contributed by atoms with Gasteiger partial charge in [0.15, 0.2) is 0 Å². The average Bonchev–Trinajstić information content (AvgIpc) is 3.19. The maximum absolute atomic E-state index is 12.4. The monoisotopic (exact) mass is 477 g/mol. The first-order valence-electron chi connectivity index (χ1n) is 10.1. The number of benzene rings is 3. The molecule has 0 bridgehead atoms. The third kappa shape index (κ3) is 5.97. The number of nitrogens with one attached hydrogen (secondary N) is 2. The van der Waals surface area contributed by atoms with E-state index in [4.69, 9.17) is 16.3 Å². The fourth-order valence-corrected chi connectivity index (χ4v) is 4.44. The summed E-state index contributed by atoms with van der Waals surface area (Å²) in [4.78, 5) is 24.8. The van der Waals surface area contributed by atoms with Gasteiger partial charge in [-0.15, -0.1) is 11.3 Å². The maximum atomic E-state index is 12.4. The number of halogens is 1. The zero-order valence-corrected chi connectivity index (χ0v) is 19.0. The van der Waals surface area contributed by atoms with Crippen molar-refractivity contribution < 1.29 is 14.3 Å². The predicted molar refractivity (Wildman–Crippen MR) is 132 cm³/mol.